The first-order chi connectivity index (χ1) is 12.6. The van der Waals surface area contributed by atoms with E-state index in [1.807, 2.05) is 17.8 Å². The molecule has 2 fully saturated rings. The summed E-state index contributed by atoms with van der Waals surface area (Å²) in [6.45, 7) is 1.99. The molecule has 0 saturated heterocycles. The van der Waals surface area contributed by atoms with Crippen molar-refractivity contribution in [3.63, 3.8) is 0 Å². The summed E-state index contributed by atoms with van der Waals surface area (Å²) in [6, 6.07) is 0.518. The molecule has 26 heavy (non-hydrogen) atoms. The predicted octanol–water partition coefficient (Wildman–Crippen LogP) is 4.84. The van der Waals surface area contributed by atoms with Crippen LogP contribution >= 0.6 is 0 Å². The molecule has 6 heteroatoms. The predicted molar refractivity (Wildman–Crippen MR) is 95.5 cm³/mol. The van der Waals surface area contributed by atoms with E-state index in [4.69, 9.17) is 4.74 Å². The number of hydrogen-bond donors (Lipinski definition) is 1. The van der Waals surface area contributed by atoms with E-state index < -0.39 is 11.6 Å². The van der Waals surface area contributed by atoms with E-state index in [0.29, 0.717) is 23.8 Å². The lowest BCUT2D eigenvalue weighted by Crippen LogP contribution is -2.28. The van der Waals surface area contributed by atoms with E-state index in [9.17, 15) is 4.39 Å². The maximum atomic E-state index is 15.1. The molecular formula is C20H23F2N3O. The Labute approximate surface area is 151 Å². The number of halogens is 2. The Balaban J connectivity index is 1.66. The van der Waals surface area contributed by atoms with Gasteiger partial charge in [-0.3, -0.25) is 4.68 Å². The van der Waals surface area contributed by atoms with Crippen LogP contribution in [0.1, 0.15) is 57.1 Å². The molecule has 0 spiro atoms. The third kappa shape index (κ3) is 2.58. The minimum atomic E-state index is -0.838. The van der Waals surface area contributed by atoms with Gasteiger partial charge >= 0.3 is 0 Å². The first-order valence-corrected chi connectivity index (χ1v) is 9.63. The van der Waals surface area contributed by atoms with Gasteiger partial charge in [0.15, 0.2) is 11.6 Å². The third-order valence-corrected chi connectivity index (χ3v) is 5.80. The van der Waals surface area contributed by atoms with Gasteiger partial charge in [0.05, 0.1) is 29.6 Å². The highest BCUT2D eigenvalue weighted by atomic mass is 19.2. The fourth-order valence-corrected chi connectivity index (χ4v) is 3.83. The third-order valence-electron chi connectivity index (χ3n) is 5.80. The summed E-state index contributed by atoms with van der Waals surface area (Å²) in [4.78, 5) is 0. The van der Waals surface area contributed by atoms with Crippen molar-refractivity contribution in [2.45, 2.75) is 70.1 Å². The summed E-state index contributed by atoms with van der Waals surface area (Å²) < 4.78 is 38.1. The molecule has 2 aromatic rings. The van der Waals surface area contributed by atoms with Crippen LogP contribution in [-0.2, 0) is 6.42 Å². The second kappa shape index (κ2) is 5.96. The summed E-state index contributed by atoms with van der Waals surface area (Å²) in [7, 11) is 0. The second-order valence-electron chi connectivity index (χ2n) is 7.88. The molecule has 2 aliphatic carbocycles. The first-order valence-electron chi connectivity index (χ1n) is 9.63. The molecule has 1 aliphatic heterocycles. The van der Waals surface area contributed by atoms with E-state index in [1.54, 1.807) is 6.20 Å². The zero-order valence-corrected chi connectivity index (χ0v) is 14.9. The summed E-state index contributed by atoms with van der Waals surface area (Å²) >= 11 is 0. The van der Waals surface area contributed by atoms with Crippen molar-refractivity contribution in [1.29, 1.82) is 0 Å². The first kappa shape index (κ1) is 16.1. The molecule has 138 valence electrons. The molecule has 1 aromatic carbocycles. The largest absolute Gasteiger partial charge is 0.489 e. The summed E-state index contributed by atoms with van der Waals surface area (Å²) in [5.74, 6) is -1.13. The SMILES string of the molecule is C[C@H]1CCc2c(c(F)c(F)c(-c3cnn(C4CC4)c3)c2OC2CCC2)N1. The number of benzene rings is 1. The van der Waals surface area contributed by atoms with E-state index >= 15 is 4.39 Å². The van der Waals surface area contributed by atoms with Crippen LogP contribution in [0.25, 0.3) is 11.1 Å². The van der Waals surface area contributed by atoms with Crippen LogP contribution in [0, 0.1) is 11.6 Å². The highest BCUT2D eigenvalue weighted by molar-refractivity contribution is 5.78. The van der Waals surface area contributed by atoms with Gasteiger partial charge in [-0.2, -0.15) is 5.10 Å². The van der Waals surface area contributed by atoms with Crippen molar-refractivity contribution < 1.29 is 13.5 Å². The van der Waals surface area contributed by atoms with Gasteiger partial charge in [0.1, 0.15) is 5.75 Å². The van der Waals surface area contributed by atoms with Crippen molar-refractivity contribution in [3.05, 3.63) is 29.6 Å². The van der Waals surface area contributed by atoms with Crippen LogP contribution in [0.15, 0.2) is 12.4 Å². The quantitative estimate of drug-likeness (QED) is 0.849. The van der Waals surface area contributed by atoms with Crippen LogP contribution in [-0.4, -0.2) is 21.9 Å². The van der Waals surface area contributed by atoms with Crippen LogP contribution in [0.4, 0.5) is 14.5 Å². The monoisotopic (exact) mass is 359 g/mol. The number of anilines is 1. The highest BCUT2D eigenvalue weighted by Gasteiger charge is 2.33. The molecule has 1 aromatic heterocycles. The lowest BCUT2D eigenvalue weighted by molar-refractivity contribution is 0.119. The average molecular weight is 359 g/mol. The Hall–Kier alpha value is -2.11. The van der Waals surface area contributed by atoms with Crippen molar-refractivity contribution in [1.82, 2.24) is 9.78 Å². The van der Waals surface area contributed by atoms with Gasteiger partial charge in [0.25, 0.3) is 0 Å². The Kier molecular flexibility index (Phi) is 3.69. The fraction of sp³-hybridized carbons (Fsp3) is 0.550. The average Bonchev–Trinajstić information content (AvgIpc) is 3.33. The Bertz CT molecular complexity index is 855. The van der Waals surface area contributed by atoms with Crippen LogP contribution in [0.5, 0.6) is 5.75 Å². The number of fused-ring (bicyclic) bond motifs is 1. The van der Waals surface area contributed by atoms with Gasteiger partial charge in [0, 0.05) is 23.4 Å². The maximum Gasteiger partial charge on any atom is 0.183 e. The zero-order valence-electron chi connectivity index (χ0n) is 14.9. The van der Waals surface area contributed by atoms with E-state index in [0.717, 1.165) is 44.1 Å². The Morgan fingerprint density at radius 1 is 1.15 bits per heavy atom. The van der Waals surface area contributed by atoms with Gasteiger partial charge in [-0.05, 0) is 51.9 Å². The van der Waals surface area contributed by atoms with Crippen LogP contribution in [0.2, 0.25) is 0 Å². The number of nitrogens with zero attached hydrogens (tertiary/aromatic N) is 2. The molecule has 2 saturated carbocycles. The van der Waals surface area contributed by atoms with Crippen LogP contribution < -0.4 is 10.1 Å². The van der Waals surface area contributed by atoms with E-state index in [1.165, 1.54) is 0 Å². The lowest BCUT2D eigenvalue weighted by Gasteiger charge is -2.32. The molecule has 4 nitrogen and oxygen atoms in total. The summed E-state index contributed by atoms with van der Waals surface area (Å²) in [5.41, 5.74) is 1.87. The second-order valence-corrected chi connectivity index (χ2v) is 7.88. The number of hydrogen-bond acceptors (Lipinski definition) is 3. The molecule has 0 radical (unpaired) electrons. The lowest BCUT2D eigenvalue weighted by atomic mass is 9.91. The van der Waals surface area contributed by atoms with Crippen molar-refractivity contribution in [2.75, 3.05) is 5.32 Å². The molecule has 1 atom stereocenters. The molecule has 0 bridgehead atoms. The van der Waals surface area contributed by atoms with E-state index in [2.05, 4.69) is 10.4 Å². The van der Waals surface area contributed by atoms with Gasteiger partial charge in [-0.25, -0.2) is 8.78 Å². The van der Waals surface area contributed by atoms with Crippen molar-refractivity contribution in [2.24, 2.45) is 0 Å². The molecule has 5 rings (SSSR count). The summed E-state index contributed by atoms with van der Waals surface area (Å²) in [6.07, 6.45) is 10.4. The van der Waals surface area contributed by atoms with Crippen LogP contribution in [0.3, 0.4) is 0 Å². The van der Waals surface area contributed by atoms with Gasteiger partial charge in [-0.15, -0.1) is 0 Å². The van der Waals surface area contributed by atoms with Crippen molar-refractivity contribution in [3.8, 4) is 16.9 Å². The topological polar surface area (TPSA) is 39.1 Å². The zero-order chi connectivity index (χ0) is 17.8. The summed E-state index contributed by atoms with van der Waals surface area (Å²) in [5, 5.41) is 7.48. The van der Waals surface area contributed by atoms with Gasteiger partial charge in [0.2, 0.25) is 0 Å². The Morgan fingerprint density at radius 2 is 1.96 bits per heavy atom. The fourth-order valence-electron chi connectivity index (χ4n) is 3.83. The minimum absolute atomic E-state index is 0.0977. The standard InChI is InChI=1S/C20H23F2N3O/c1-11-5-8-15-19(24-11)18(22)17(21)16(20(15)26-14-3-2-4-14)12-9-23-25(10-12)13-6-7-13/h9-11,13-14,24H,2-8H2,1H3/t11-/m0/s1. The maximum absolute atomic E-state index is 15.1. The van der Waals surface area contributed by atoms with Gasteiger partial charge < -0.3 is 10.1 Å². The molecule has 0 unspecified atom stereocenters. The smallest absolute Gasteiger partial charge is 0.183 e. The number of nitrogens with one attached hydrogen (secondary N) is 1. The highest BCUT2D eigenvalue weighted by Crippen LogP contribution is 2.46. The molecule has 1 N–H and O–H groups in total. The number of aromatic nitrogens is 2. The molecule has 2 heterocycles. The number of ether oxygens (including phenoxy) is 1. The normalized spacial score (nSPS) is 22.5. The minimum Gasteiger partial charge on any atom is -0.489 e. The van der Waals surface area contributed by atoms with E-state index in [-0.39, 0.29) is 23.4 Å². The van der Waals surface area contributed by atoms with Crippen molar-refractivity contribution >= 4 is 5.69 Å². The molecular weight excluding hydrogens is 336 g/mol. The number of rotatable bonds is 4. The Morgan fingerprint density at radius 3 is 2.65 bits per heavy atom. The van der Waals surface area contributed by atoms with Gasteiger partial charge in [-0.1, -0.05) is 0 Å². The molecule has 3 aliphatic rings. The molecule has 0 amide bonds.